The predicted molar refractivity (Wildman–Crippen MR) is 79.4 cm³/mol. The maximum absolute atomic E-state index is 6.08. The van der Waals surface area contributed by atoms with Crippen molar-refractivity contribution in [3.05, 3.63) is 28.2 Å². The van der Waals surface area contributed by atoms with Gasteiger partial charge in [0.05, 0.1) is 11.1 Å². The van der Waals surface area contributed by atoms with Crippen LogP contribution in [0.5, 0.6) is 5.75 Å². The molecule has 0 aliphatic heterocycles. The van der Waals surface area contributed by atoms with Gasteiger partial charge in [0.2, 0.25) is 0 Å². The highest BCUT2D eigenvalue weighted by Gasteiger charge is 2.21. The Kier molecular flexibility index (Phi) is 6.58. The second kappa shape index (κ2) is 7.44. The summed E-state index contributed by atoms with van der Waals surface area (Å²) in [6.45, 7) is 0. The Morgan fingerprint density at radius 2 is 1.83 bits per heavy atom. The average Bonchev–Trinajstić information content (AvgIpc) is 2.34. The molecule has 1 aromatic carbocycles. The highest BCUT2D eigenvalue weighted by atomic mass is 35.5. The molecule has 0 amide bonds. The van der Waals surface area contributed by atoms with Gasteiger partial charge in [-0.15, -0.1) is 12.4 Å². The topological polar surface area (TPSA) is 21.3 Å². The molecule has 0 bridgehead atoms. The minimum absolute atomic E-state index is 0. The van der Waals surface area contributed by atoms with Gasteiger partial charge < -0.3 is 10.1 Å². The predicted octanol–water partition coefficient (Wildman–Crippen LogP) is 4.32. The molecule has 0 radical (unpaired) electrons. The van der Waals surface area contributed by atoms with E-state index in [1.165, 1.54) is 0 Å². The Labute approximate surface area is 124 Å². The molecule has 0 heterocycles. The zero-order valence-electron chi connectivity index (χ0n) is 10.3. The third-order valence-electron chi connectivity index (χ3n) is 3.27. The minimum atomic E-state index is 0. The second-order valence-electron chi connectivity index (χ2n) is 4.45. The first-order valence-electron chi connectivity index (χ1n) is 5.98. The van der Waals surface area contributed by atoms with Crippen LogP contribution in [0.3, 0.4) is 0 Å². The first-order valence-corrected chi connectivity index (χ1v) is 6.73. The summed E-state index contributed by atoms with van der Waals surface area (Å²) in [5.41, 5.74) is 0. The van der Waals surface area contributed by atoms with E-state index in [-0.39, 0.29) is 18.5 Å². The van der Waals surface area contributed by atoms with Crippen molar-refractivity contribution in [3.63, 3.8) is 0 Å². The van der Waals surface area contributed by atoms with Crippen LogP contribution in [0.4, 0.5) is 0 Å². The first kappa shape index (κ1) is 15.9. The van der Waals surface area contributed by atoms with E-state index in [0.29, 0.717) is 16.1 Å². The number of hydrogen-bond acceptors (Lipinski definition) is 2. The molecule has 0 unspecified atom stereocenters. The van der Waals surface area contributed by atoms with Crippen molar-refractivity contribution in [2.75, 3.05) is 7.05 Å². The number of ether oxygens (including phenoxy) is 1. The van der Waals surface area contributed by atoms with Crippen LogP contribution in [0.2, 0.25) is 10.0 Å². The van der Waals surface area contributed by atoms with Gasteiger partial charge in [0.25, 0.3) is 0 Å². The lowest BCUT2D eigenvalue weighted by atomic mass is 9.93. The van der Waals surface area contributed by atoms with Crippen LogP contribution in [0, 0.1) is 0 Å². The van der Waals surface area contributed by atoms with E-state index >= 15 is 0 Å². The molecule has 0 spiro atoms. The molecule has 2 nitrogen and oxygen atoms in total. The van der Waals surface area contributed by atoms with Crippen LogP contribution < -0.4 is 10.1 Å². The van der Waals surface area contributed by atoms with Crippen LogP contribution in [0.25, 0.3) is 0 Å². The van der Waals surface area contributed by atoms with E-state index in [4.69, 9.17) is 27.9 Å². The zero-order chi connectivity index (χ0) is 12.3. The standard InChI is InChI=1S/C13H17Cl2NO.ClH/c1-16-10-3-5-11(6-4-10)17-13-7-2-9(14)8-12(13)15;/h2,7-8,10-11,16H,3-6H2,1H3;1H. The molecule has 0 saturated heterocycles. The van der Waals surface area contributed by atoms with Crippen molar-refractivity contribution < 1.29 is 4.74 Å². The third-order valence-corrected chi connectivity index (χ3v) is 3.80. The van der Waals surface area contributed by atoms with E-state index in [1.807, 2.05) is 19.2 Å². The molecular weight excluding hydrogens is 293 g/mol. The summed E-state index contributed by atoms with van der Waals surface area (Å²) in [6.07, 6.45) is 4.74. The smallest absolute Gasteiger partial charge is 0.138 e. The summed E-state index contributed by atoms with van der Waals surface area (Å²) in [6, 6.07) is 6.00. The summed E-state index contributed by atoms with van der Waals surface area (Å²) in [7, 11) is 2.02. The Hall–Kier alpha value is -0.150. The van der Waals surface area contributed by atoms with Gasteiger partial charge in [0, 0.05) is 11.1 Å². The fourth-order valence-electron chi connectivity index (χ4n) is 2.22. The van der Waals surface area contributed by atoms with Gasteiger partial charge in [0.1, 0.15) is 5.75 Å². The Morgan fingerprint density at radius 1 is 1.17 bits per heavy atom. The molecule has 5 heteroatoms. The molecule has 102 valence electrons. The van der Waals surface area contributed by atoms with Gasteiger partial charge in [-0.05, 0) is 50.9 Å². The van der Waals surface area contributed by atoms with Crippen molar-refractivity contribution in [1.82, 2.24) is 5.32 Å². The SMILES string of the molecule is CNC1CCC(Oc2ccc(Cl)cc2Cl)CC1.Cl. The molecule has 1 fully saturated rings. The van der Waals surface area contributed by atoms with Crippen LogP contribution >= 0.6 is 35.6 Å². The molecule has 1 aromatic rings. The highest BCUT2D eigenvalue weighted by molar-refractivity contribution is 6.35. The molecule has 0 atom stereocenters. The van der Waals surface area contributed by atoms with Gasteiger partial charge in [-0.25, -0.2) is 0 Å². The Bertz CT molecular complexity index is 378. The van der Waals surface area contributed by atoms with Crippen molar-refractivity contribution in [1.29, 1.82) is 0 Å². The first-order chi connectivity index (χ1) is 8.19. The largest absolute Gasteiger partial charge is 0.489 e. The fraction of sp³-hybridized carbons (Fsp3) is 0.538. The summed E-state index contributed by atoms with van der Waals surface area (Å²) in [5.74, 6) is 0.740. The molecule has 2 rings (SSSR count). The summed E-state index contributed by atoms with van der Waals surface area (Å²) in [5, 5.41) is 4.54. The molecule has 1 saturated carbocycles. The van der Waals surface area contributed by atoms with Crippen molar-refractivity contribution in [2.24, 2.45) is 0 Å². The number of benzene rings is 1. The van der Waals surface area contributed by atoms with Crippen LogP contribution in [0.15, 0.2) is 18.2 Å². The molecule has 1 aliphatic rings. The Morgan fingerprint density at radius 3 is 2.39 bits per heavy atom. The molecular formula is C13H18Cl3NO. The van der Waals surface area contributed by atoms with Crippen molar-refractivity contribution in [2.45, 2.75) is 37.8 Å². The van der Waals surface area contributed by atoms with Crippen molar-refractivity contribution in [3.8, 4) is 5.75 Å². The molecule has 1 aliphatic carbocycles. The van der Waals surface area contributed by atoms with E-state index in [0.717, 1.165) is 31.4 Å². The quantitative estimate of drug-likeness (QED) is 0.897. The lowest BCUT2D eigenvalue weighted by Crippen LogP contribution is -2.34. The molecule has 18 heavy (non-hydrogen) atoms. The molecule has 0 aromatic heterocycles. The molecule has 1 N–H and O–H groups in total. The number of hydrogen-bond donors (Lipinski definition) is 1. The van der Waals surface area contributed by atoms with Crippen LogP contribution in [0.1, 0.15) is 25.7 Å². The maximum atomic E-state index is 6.08. The third kappa shape index (κ3) is 4.20. The zero-order valence-corrected chi connectivity index (χ0v) is 12.6. The normalized spacial score (nSPS) is 23.3. The lowest BCUT2D eigenvalue weighted by Gasteiger charge is -2.28. The van der Waals surface area contributed by atoms with Gasteiger partial charge in [0.15, 0.2) is 0 Å². The summed E-state index contributed by atoms with van der Waals surface area (Å²) >= 11 is 11.9. The van der Waals surface area contributed by atoms with E-state index in [2.05, 4.69) is 5.32 Å². The average molecular weight is 311 g/mol. The fourth-order valence-corrected chi connectivity index (χ4v) is 2.67. The van der Waals surface area contributed by atoms with Gasteiger partial charge in [-0.1, -0.05) is 23.2 Å². The van der Waals surface area contributed by atoms with Gasteiger partial charge in [-0.3, -0.25) is 0 Å². The number of halogens is 3. The minimum Gasteiger partial charge on any atom is -0.489 e. The lowest BCUT2D eigenvalue weighted by molar-refractivity contribution is 0.141. The monoisotopic (exact) mass is 309 g/mol. The van der Waals surface area contributed by atoms with Crippen LogP contribution in [-0.2, 0) is 0 Å². The van der Waals surface area contributed by atoms with Gasteiger partial charge >= 0.3 is 0 Å². The number of nitrogens with one attached hydrogen (secondary N) is 1. The van der Waals surface area contributed by atoms with Crippen molar-refractivity contribution >= 4 is 35.6 Å². The highest BCUT2D eigenvalue weighted by Crippen LogP contribution is 2.31. The maximum Gasteiger partial charge on any atom is 0.138 e. The van der Waals surface area contributed by atoms with E-state index in [1.54, 1.807) is 6.07 Å². The summed E-state index contributed by atoms with van der Waals surface area (Å²) < 4.78 is 5.92. The number of rotatable bonds is 3. The van der Waals surface area contributed by atoms with E-state index < -0.39 is 0 Å². The Balaban J connectivity index is 0.00000162. The van der Waals surface area contributed by atoms with E-state index in [9.17, 15) is 0 Å². The summed E-state index contributed by atoms with van der Waals surface area (Å²) in [4.78, 5) is 0. The van der Waals surface area contributed by atoms with Gasteiger partial charge in [-0.2, -0.15) is 0 Å². The van der Waals surface area contributed by atoms with Crippen LogP contribution in [-0.4, -0.2) is 19.2 Å². The second-order valence-corrected chi connectivity index (χ2v) is 5.30.